The minimum Gasteiger partial charge on any atom is -0.310 e. The Labute approximate surface area is 294 Å². The van der Waals surface area contributed by atoms with Crippen LogP contribution in [0.5, 0.6) is 0 Å². The van der Waals surface area contributed by atoms with Crippen LogP contribution in [0.3, 0.4) is 0 Å². The van der Waals surface area contributed by atoms with Crippen LogP contribution < -0.4 is 9.80 Å². The van der Waals surface area contributed by atoms with Crippen molar-refractivity contribution in [1.82, 2.24) is 9.97 Å². The largest absolute Gasteiger partial charge is 0.310 e. The van der Waals surface area contributed by atoms with E-state index >= 15 is 0 Å². The lowest BCUT2D eigenvalue weighted by atomic mass is 9.69. The zero-order valence-electron chi connectivity index (χ0n) is 28.8. The van der Waals surface area contributed by atoms with Gasteiger partial charge < -0.3 is 4.90 Å². The highest BCUT2D eigenvalue weighted by Gasteiger charge is 2.43. The molecule has 3 heterocycles. The zero-order chi connectivity index (χ0) is 34.0. The lowest BCUT2D eigenvalue weighted by Gasteiger charge is -2.46. The van der Waals surface area contributed by atoms with E-state index in [0.717, 1.165) is 39.6 Å². The van der Waals surface area contributed by atoms with Gasteiger partial charge in [-0.05, 0) is 64.7 Å². The van der Waals surface area contributed by atoms with E-state index in [2.05, 4.69) is 183 Å². The van der Waals surface area contributed by atoms with Crippen LogP contribution in [-0.2, 0) is 10.8 Å². The van der Waals surface area contributed by atoms with E-state index in [0.29, 0.717) is 5.95 Å². The van der Waals surface area contributed by atoms with Gasteiger partial charge in [-0.1, -0.05) is 143 Å². The Morgan fingerprint density at radius 2 is 0.780 bits per heavy atom. The smallest absolute Gasteiger partial charge is 0.235 e. The van der Waals surface area contributed by atoms with Crippen molar-refractivity contribution in [1.29, 1.82) is 0 Å². The molecule has 0 unspecified atom stereocenters. The molecular formula is C46H38N4. The van der Waals surface area contributed by atoms with Gasteiger partial charge in [-0.3, -0.25) is 4.90 Å². The van der Waals surface area contributed by atoms with Crippen molar-refractivity contribution >= 4 is 34.4 Å². The molecule has 0 saturated carbocycles. The maximum absolute atomic E-state index is 5.35. The van der Waals surface area contributed by atoms with Crippen molar-refractivity contribution in [2.75, 3.05) is 9.80 Å². The standard InChI is InChI=1S/C46H38N4/c1-45(2)34-24-14-16-26-40(34)49(33-22-12-7-13-23-33)42-28-37-43(29-36(42)45)50(41-27-17-15-25-35(41)46(37,3)4)44-47-38(31-18-8-5-9-19-31)30-39(48-44)32-20-10-6-11-21-32/h5-30H,1-4H3. The molecule has 0 atom stereocenters. The molecule has 2 aliphatic rings. The molecule has 7 aromatic rings. The summed E-state index contributed by atoms with van der Waals surface area (Å²) >= 11 is 0. The third kappa shape index (κ3) is 4.59. The first-order valence-corrected chi connectivity index (χ1v) is 17.4. The van der Waals surface area contributed by atoms with Crippen LogP contribution in [-0.4, -0.2) is 9.97 Å². The van der Waals surface area contributed by atoms with Crippen LogP contribution in [0.2, 0.25) is 0 Å². The summed E-state index contributed by atoms with van der Waals surface area (Å²) in [6.07, 6.45) is 0. The van der Waals surface area contributed by atoms with Crippen LogP contribution in [0.15, 0.2) is 158 Å². The Kier molecular flexibility index (Phi) is 6.79. The van der Waals surface area contributed by atoms with E-state index in [9.17, 15) is 0 Å². The number of fused-ring (bicyclic) bond motifs is 4. The van der Waals surface area contributed by atoms with E-state index in [1.54, 1.807) is 0 Å². The van der Waals surface area contributed by atoms with Crippen molar-refractivity contribution in [3.8, 4) is 22.5 Å². The maximum Gasteiger partial charge on any atom is 0.235 e. The van der Waals surface area contributed by atoms with Gasteiger partial charge in [0.05, 0.1) is 34.1 Å². The third-order valence-electron chi connectivity index (χ3n) is 10.6. The molecule has 0 fully saturated rings. The SMILES string of the molecule is CC1(C)c2ccccc2N(c2ccccc2)c2cc3c(cc21)N(c1nc(-c2ccccc2)cc(-c2ccccc2)n1)c1ccccc1C3(C)C. The van der Waals surface area contributed by atoms with Crippen molar-refractivity contribution < 1.29 is 0 Å². The summed E-state index contributed by atoms with van der Waals surface area (Å²) in [4.78, 5) is 15.4. The second-order valence-corrected chi connectivity index (χ2v) is 14.3. The van der Waals surface area contributed by atoms with Gasteiger partial charge in [-0.2, -0.15) is 0 Å². The fourth-order valence-corrected chi connectivity index (χ4v) is 8.01. The van der Waals surface area contributed by atoms with Gasteiger partial charge in [0, 0.05) is 27.6 Å². The van der Waals surface area contributed by atoms with Crippen LogP contribution in [0.1, 0.15) is 49.9 Å². The molecule has 0 spiro atoms. The summed E-state index contributed by atoms with van der Waals surface area (Å²) in [7, 11) is 0. The normalized spacial score (nSPS) is 15.0. The van der Waals surface area contributed by atoms with Crippen molar-refractivity contribution in [3.05, 3.63) is 180 Å². The molecule has 9 rings (SSSR count). The van der Waals surface area contributed by atoms with Gasteiger partial charge in [-0.15, -0.1) is 0 Å². The summed E-state index contributed by atoms with van der Waals surface area (Å²) in [5.41, 5.74) is 14.2. The van der Waals surface area contributed by atoms with Crippen molar-refractivity contribution in [2.45, 2.75) is 38.5 Å². The molecule has 0 aliphatic carbocycles. The molecule has 0 bridgehead atoms. The molecule has 4 nitrogen and oxygen atoms in total. The monoisotopic (exact) mass is 646 g/mol. The quantitative estimate of drug-likeness (QED) is 0.190. The molecule has 0 saturated heterocycles. The highest BCUT2D eigenvalue weighted by molar-refractivity contribution is 5.92. The number of hydrogen-bond acceptors (Lipinski definition) is 4. The van der Waals surface area contributed by atoms with Gasteiger partial charge in [0.15, 0.2) is 0 Å². The highest BCUT2D eigenvalue weighted by Crippen LogP contribution is 2.58. The lowest BCUT2D eigenvalue weighted by Crippen LogP contribution is -2.35. The van der Waals surface area contributed by atoms with Gasteiger partial charge >= 0.3 is 0 Å². The van der Waals surface area contributed by atoms with Gasteiger partial charge in [0.25, 0.3) is 0 Å². The minimum absolute atomic E-state index is 0.263. The molecule has 0 N–H and O–H groups in total. The Morgan fingerprint density at radius 3 is 1.28 bits per heavy atom. The van der Waals surface area contributed by atoms with Gasteiger partial charge in [-0.25, -0.2) is 9.97 Å². The van der Waals surface area contributed by atoms with Crippen LogP contribution in [0.25, 0.3) is 22.5 Å². The van der Waals surface area contributed by atoms with E-state index in [1.165, 1.54) is 33.6 Å². The van der Waals surface area contributed by atoms with E-state index in [-0.39, 0.29) is 10.8 Å². The Balaban J connectivity index is 1.35. The molecule has 0 radical (unpaired) electrons. The molecule has 0 amide bonds. The summed E-state index contributed by atoms with van der Waals surface area (Å²) in [6, 6.07) is 56.2. The molecule has 242 valence electrons. The summed E-state index contributed by atoms with van der Waals surface area (Å²) in [5, 5.41) is 0. The molecule has 1 aromatic heterocycles. The van der Waals surface area contributed by atoms with Crippen LogP contribution in [0, 0.1) is 0 Å². The second kappa shape index (κ2) is 11.3. The topological polar surface area (TPSA) is 32.3 Å². The van der Waals surface area contributed by atoms with Crippen LogP contribution in [0.4, 0.5) is 34.4 Å². The summed E-state index contributed by atoms with van der Waals surface area (Å²) in [6.45, 7) is 9.40. The maximum atomic E-state index is 5.35. The highest BCUT2D eigenvalue weighted by atomic mass is 15.3. The fourth-order valence-electron chi connectivity index (χ4n) is 8.01. The summed E-state index contributed by atoms with van der Waals surface area (Å²) < 4.78 is 0. The molecule has 50 heavy (non-hydrogen) atoms. The van der Waals surface area contributed by atoms with Gasteiger partial charge in [0.2, 0.25) is 5.95 Å². The number of benzene rings is 6. The molecule has 4 heteroatoms. The number of anilines is 6. The Hall–Kier alpha value is -6.00. The number of nitrogens with zero attached hydrogens (tertiary/aromatic N) is 4. The number of rotatable bonds is 4. The summed E-state index contributed by atoms with van der Waals surface area (Å²) in [5.74, 6) is 0.656. The van der Waals surface area contributed by atoms with E-state index < -0.39 is 0 Å². The molecule has 6 aromatic carbocycles. The fraction of sp³-hybridized carbons (Fsp3) is 0.130. The first-order chi connectivity index (χ1) is 24.3. The average molecular weight is 647 g/mol. The number of aromatic nitrogens is 2. The first kappa shape index (κ1) is 30.1. The van der Waals surface area contributed by atoms with E-state index in [1.807, 2.05) is 12.1 Å². The third-order valence-corrected chi connectivity index (χ3v) is 10.6. The molecule has 2 aliphatic heterocycles. The second-order valence-electron chi connectivity index (χ2n) is 14.3. The Bertz CT molecular complexity index is 2320. The average Bonchev–Trinajstić information content (AvgIpc) is 3.16. The lowest BCUT2D eigenvalue weighted by molar-refractivity contribution is 0.614. The molecular weight excluding hydrogens is 609 g/mol. The van der Waals surface area contributed by atoms with Crippen molar-refractivity contribution in [2.24, 2.45) is 0 Å². The van der Waals surface area contributed by atoms with Crippen molar-refractivity contribution in [3.63, 3.8) is 0 Å². The number of hydrogen-bond donors (Lipinski definition) is 0. The van der Waals surface area contributed by atoms with Crippen LogP contribution >= 0.6 is 0 Å². The predicted molar refractivity (Wildman–Crippen MR) is 207 cm³/mol. The minimum atomic E-state index is -0.291. The number of para-hydroxylation sites is 3. The first-order valence-electron chi connectivity index (χ1n) is 17.4. The van der Waals surface area contributed by atoms with Gasteiger partial charge in [0.1, 0.15) is 0 Å². The zero-order valence-corrected chi connectivity index (χ0v) is 28.8. The Morgan fingerprint density at radius 1 is 0.380 bits per heavy atom. The van der Waals surface area contributed by atoms with E-state index in [4.69, 9.17) is 9.97 Å². The predicted octanol–water partition coefficient (Wildman–Crippen LogP) is 12.0.